The van der Waals surface area contributed by atoms with E-state index in [0.717, 1.165) is 37.7 Å². The van der Waals surface area contributed by atoms with E-state index in [1.807, 2.05) is 27.8 Å². The van der Waals surface area contributed by atoms with Crippen molar-refractivity contribution >= 4 is 35.7 Å². The third kappa shape index (κ3) is 2.83. The number of carbonyl (C=O) groups is 2. The molecule has 8 heteroatoms. The minimum absolute atomic E-state index is 0. The van der Waals surface area contributed by atoms with Gasteiger partial charge in [0.15, 0.2) is 5.82 Å². The first-order valence-corrected chi connectivity index (χ1v) is 7.69. The van der Waals surface area contributed by atoms with Gasteiger partial charge < -0.3 is 10.2 Å². The van der Waals surface area contributed by atoms with Gasteiger partial charge in [0.2, 0.25) is 11.8 Å². The normalized spacial score (nSPS) is 20.9. The Morgan fingerprint density at radius 2 is 1.78 bits per heavy atom. The van der Waals surface area contributed by atoms with Crippen LogP contribution in [0, 0.1) is 12.3 Å². The van der Waals surface area contributed by atoms with Crippen LogP contribution in [0.1, 0.15) is 26.0 Å². The number of aromatic nitrogens is 2. The number of halogens is 1. The second kappa shape index (κ2) is 6.13. The van der Waals surface area contributed by atoms with Gasteiger partial charge in [0.1, 0.15) is 5.69 Å². The summed E-state index contributed by atoms with van der Waals surface area (Å²) < 4.78 is 1.75. The molecule has 0 aromatic carbocycles. The summed E-state index contributed by atoms with van der Waals surface area (Å²) in [7, 11) is 1.85. The monoisotopic (exact) mass is 341 g/mol. The molecular formula is C15H24ClN5O2. The van der Waals surface area contributed by atoms with Gasteiger partial charge in [0.25, 0.3) is 0 Å². The molecule has 2 aliphatic rings. The van der Waals surface area contributed by atoms with Crippen molar-refractivity contribution in [2.24, 2.45) is 12.5 Å². The average molecular weight is 342 g/mol. The Morgan fingerprint density at radius 3 is 2.30 bits per heavy atom. The molecular weight excluding hydrogens is 318 g/mol. The number of piperazine rings is 1. The number of nitrogens with zero attached hydrogens (tertiary/aromatic N) is 4. The zero-order valence-electron chi connectivity index (χ0n) is 14.0. The zero-order chi connectivity index (χ0) is 16.1. The van der Waals surface area contributed by atoms with Gasteiger partial charge in [-0.1, -0.05) is 13.8 Å². The standard InChI is InChI=1S/C15H23N5O2.ClH/c1-10-12(20-11(21)9-15(2,3)14(20)22)13(17-18(10)4)19-7-5-16-6-8-19;/h16H,5-9H2,1-4H3;1H. The van der Waals surface area contributed by atoms with Crippen molar-refractivity contribution in [1.29, 1.82) is 0 Å². The van der Waals surface area contributed by atoms with Gasteiger partial charge in [-0.3, -0.25) is 14.3 Å². The first-order valence-electron chi connectivity index (χ1n) is 7.69. The van der Waals surface area contributed by atoms with Gasteiger partial charge in [-0.2, -0.15) is 5.10 Å². The topological polar surface area (TPSA) is 70.5 Å². The molecule has 1 N–H and O–H groups in total. The Bertz CT molecular complexity index is 634. The predicted octanol–water partition coefficient (Wildman–Crippen LogP) is 0.849. The molecule has 3 heterocycles. The Hall–Kier alpha value is -1.60. The van der Waals surface area contributed by atoms with Crippen LogP contribution in [0.2, 0.25) is 0 Å². The highest BCUT2D eigenvalue weighted by molar-refractivity contribution is 6.23. The first-order chi connectivity index (χ1) is 10.3. The number of rotatable bonds is 2. The van der Waals surface area contributed by atoms with Crippen LogP contribution in [0.3, 0.4) is 0 Å². The molecule has 128 valence electrons. The SMILES string of the molecule is Cc1c(N2C(=O)CC(C)(C)C2=O)c(N2CCNCC2)nn1C.Cl. The van der Waals surface area contributed by atoms with E-state index in [9.17, 15) is 9.59 Å². The minimum Gasteiger partial charge on any atom is -0.351 e. The summed E-state index contributed by atoms with van der Waals surface area (Å²) in [6.07, 6.45) is 0.251. The third-order valence-corrected chi connectivity index (χ3v) is 4.55. The fourth-order valence-corrected chi connectivity index (χ4v) is 3.11. The van der Waals surface area contributed by atoms with Crippen LogP contribution in [-0.4, -0.2) is 47.8 Å². The number of hydrogen-bond acceptors (Lipinski definition) is 5. The second-order valence-corrected chi connectivity index (χ2v) is 6.71. The van der Waals surface area contributed by atoms with E-state index in [-0.39, 0.29) is 30.6 Å². The summed E-state index contributed by atoms with van der Waals surface area (Å²) in [5, 5.41) is 7.87. The van der Waals surface area contributed by atoms with Gasteiger partial charge in [-0.25, -0.2) is 4.90 Å². The van der Waals surface area contributed by atoms with Gasteiger partial charge in [0, 0.05) is 39.6 Å². The summed E-state index contributed by atoms with van der Waals surface area (Å²) >= 11 is 0. The molecule has 0 aliphatic carbocycles. The summed E-state index contributed by atoms with van der Waals surface area (Å²) in [5.41, 5.74) is 0.859. The first kappa shape index (κ1) is 17.7. The van der Waals surface area contributed by atoms with Crippen LogP contribution < -0.4 is 15.1 Å². The van der Waals surface area contributed by atoms with Crippen LogP contribution >= 0.6 is 12.4 Å². The van der Waals surface area contributed by atoms with E-state index in [1.54, 1.807) is 4.68 Å². The molecule has 0 unspecified atom stereocenters. The number of hydrogen-bond donors (Lipinski definition) is 1. The van der Waals surface area contributed by atoms with Crippen LogP contribution in [-0.2, 0) is 16.6 Å². The molecule has 23 heavy (non-hydrogen) atoms. The van der Waals surface area contributed by atoms with E-state index >= 15 is 0 Å². The highest BCUT2D eigenvalue weighted by Crippen LogP contribution is 2.40. The van der Waals surface area contributed by atoms with Crippen molar-refractivity contribution in [3.63, 3.8) is 0 Å². The molecule has 2 aliphatic heterocycles. The van der Waals surface area contributed by atoms with E-state index < -0.39 is 5.41 Å². The van der Waals surface area contributed by atoms with E-state index in [1.165, 1.54) is 4.90 Å². The van der Waals surface area contributed by atoms with Gasteiger partial charge in [-0.15, -0.1) is 12.4 Å². The molecule has 2 fully saturated rings. The number of imide groups is 1. The van der Waals surface area contributed by atoms with E-state index in [4.69, 9.17) is 0 Å². The summed E-state index contributed by atoms with van der Waals surface area (Å²) in [4.78, 5) is 28.6. The lowest BCUT2D eigenvalue weighted by molar-refractivity contribution is -0.124. The molecule has 0 radical (unpaired) electrons. The fourth-order valence-electron chi connectivity index (χ4n) is 3.11. The molecule has 3 rings (SSSR count). The quantitative estimate of drug-likeness (QED) is 0.808. The zero-order valence-corrected chi connectivity index (χ0v) is 14.9. The van der Waals surface area contributed by atoms with E-state index in [0.29, 0.717) is 5.69 Å². The Labute approximate surface area is 142 Å². The molecule has 0 spiro atoms. The summed E-state index contributed by atoms with van der Waals surface area (Å²) in [5.74, 6) is 0.466. The van der Waals surface area contributed by atoms with E-state index in [2.05, 4.69) is 15.3 Å². The Morgan fingerprint density at radius 1 is 1.17 bits per heavy atom. The number of aryl methyl sites for hydroxylation is 1. The van der Waals surface area contributed by atoms with Gasteiger partial charge in [0.05, 0.1) is 11.1 Å². The van der Waals surface area contributed by atoms with Crippen LogP contribution in [0.15, 0.2) is 0 Å². The molecule has 7 nitrogen and oxygen atoms in total. The molecule has 1 aromatic heterocycles. The number of nitrogens with one attached hydrogen (secondary N) is 1. The van der Waals surface area contributed by atoms with Crippen molar-refractivity contribution in [3.8, 4) is 0 Å². The van der Waals surface area contributed by atoms with Crippen LogP contribution in [0.4, 0.5) is 11.5 Å². The maximum absolute atomic E-state index is 12.7. The van der Waals surface area contributed by atoms with Crippen molar-refractivity contribution in [1.82, 2.24) is 15.1 Å². The lowest BCUT2D eigenvalue weighted by Gasteiger charge is -2.29. The number of anilines is 2. The molecule has 1 aromatic rings. The average Bonchev–Trinajstić information content (AvgIpc) is 2.86. The predicted molar refractivity (Wildman–Crippen MR) is 91.2 cm³/mol. The molecule has 2 amide bonds. The van der Waals surface area contributed by atoms with Crippen LogP contribution in [0.5, 0.6) is 0 Å². The lowest BCUT2D eigenvalue weighted by atomic mass is 9.92. The highest BCUT2D eigenvalue weighted by Gasteiger charge is 2.47. The second-order valence-electron chi connectivity index (χ2n) is 6.71. The van der Waals surface area contributed by atoms with Crippen molar-refractivity contribution in [3.05, 3.63) is 5.69 Å². The van der Waals surface area contributed by atoms with Crippen LogP contribution in [0.25, 0.3) is 0 Å². The molecule has 0 bridgehead atoms. The minimum atomic E-state index is -0.639. The lowest BCUT2D eigenvalue weighted by Crippen LogP contribution is -2.44. The summed E-state index contributed by atoms with van der Waals surface area (Å²) in [6.45, 7) is 8.95. The largest absolute Gasteiger partial charge is 0.351 e. The molecule has 0 saturated carbocycles. The Balaban J connectivity index is 0.00000192. The van der Waals surface area contributed by atoms with Gasteiger partial charge in [-0.05, 0) is 6.92 Å². The number of carbonyl (C=O) groups excluding carboxylic acids is 2. The number of amides is 2. The van der Waals surface area contributed by atoms with Crippen molar-refractivity contribution < 1.29 is 9.59 Å². The fraction of sp³-hybridized carbons (Fsp3) is 0.667. The van der Waals surface area contributed by atoms with Gasteiger partial charge >= 0.3 is 0 Å². The Kier molecular flexibility index (Phi) is 4.73. The molecule has 0 atom stereocenters. The highest BCUT2D eigenvalue weighted by atomic mass is 35.5. The third-order valence-electron chi connectivity index (χ3n) is 4.55. The van der Waals surface area contributed by atoms with Crippen molar-refractivity contribution in [2.75, 3.05) is 36.0 Å². The van der Waals surface area contributed by atoms with Crippen molar-refractivity contribution in [2.45, 2.75) is 27.2 Å². The smallest absolute Gasteiger partial charge is 0.240 e. The molecule has 2 saturated heterocycles. The maximum atomic E-state index is 12.7. The summed E-state index contributed by atoms with van der Waals surface area (Å²) in [6, 6.07) is 0. The maximum Gasteiger partial charge on any atom is 0.240 e.